The second-order valence-corrected chi connectivity index (χ2v) is 17.2. The molecule has 2 fully saturated rings. The lowest BCUT2D eigenvalue weighted by atomic mass is 9.54. The molecule has 0 radical (unpaired) electrons. The fourth-order valence-electron chi connectivity index (χ4n) is 11.7. The molecule has 2 saturated carbocycles. The van der Waals surface area contributed by atoms with E-state index in [1.54, 1.807) is 0 Å². The highest BCUT2D eigenvalue weighted by Crippen LogP contribution is 2.64. The van der Waals surface area contributed by atoms with Gasteiger partial charge in [-0.05, 0) is 124 Å². The van der Waals surface area contributed by atoms with Crippen molar-refractivity contribution in [1.29, 1.82) is 5.26 Å². The van der Waals surface area contributed by atoms with Crippen LogP contribution in [0.25, 0.3) is 56.4 Å². The number of nitrogens with zero attached hydrogens (tertiary/aromatic N) is 4. The number of aromatic nitrogens is 3. The Morgan fingerprint density at radius 1 is 0.500 bits per heavy atom. The van der Waals surface area contributed by atoms with Crippen molar-refractivity contribution in [3.63, 3.8) is 0 Å². The molecular weight excluding hydrogens is 681 g/mol. The van der Waals surface area contributed by atoms with Crippen molar-refractivity contribution < 1.29 is 0 Å². The Bertz CT molecular complexity index is 2690. The van der Waals surface area contributed by atoms with Crippen molar-refractivity contribution in [3.05, 3.63) is 173 Å². The number of nitriles is 1. The van der Waals surface area contributed by atoms with Crippen LogP contribution >= 0.6 is 0 Å². The van der Waals surface area contributed by atoms with Gasteiger partial charge in [0.05, 0.1) is 17.0 Å². The van der Waals surface area contributed by atoms with Gasteiger partial charge in [0, 0.05) is 16.7 Å². The highest BCUT2D eigenvalue weighted by molar-refractivity contribution is 5.96. The van der Waals surface area contributed by atoms with Gasteiger partial charge in [0.2, 0.25) is 0 Å². The lowest BCUT2D eigenvalue weighted by Gasteiger charge is -2.50. The maximum Gasteiger partial charge on any atom is 0.164 e. The Kier molecular flexibility index (Phi) is 7.36. The summed E-state index contributed by atoms with van der Waals surface area (Å²) in [7, 11) is 0. The van der Waals surface area contributed by atoms with Crippen molar-refractivity contribution in [2.75, 3.05) is 0 Å². The topological polar surface area (TPSA) is 62.5 Å². The fraction of sp³-hybridized carbons (Fsp3) is 0.231. The zero-order chi connectivity index (χ0) is 37.6. The van der Waals surface area contributed by atoms with E-state index in [1.807, 2.05) is 54.6 Å². The summed E-state index contributed by atoms with van der Waals surface area (Å²) in [5.74, 6) is 4.06. The van der Waals surface area contributed by atoms with Gasteiger partial charge in [-0.25, -0.2) is 15.0 Å². The molecule has 4 nitrogen and oxygen atoms in total. The Morgan fingerprint density at radius 3 is 1.75 bits per heavy atom. The van der Waals surface area contributed by atoms with Gasteiger partial charge >= 0.3 is 0 Å². The first kappa shape index (κ1) is 33.2. The summed E-state index contributed by atoms with van der Waals surface area (Å²) >= 11 is 0. The van der Waals surface area contributed by atoms with Gasteiger partial charge in [0.25, 0.3) is 0 Å². The minimum Gasteiger partial charge on any atom is -0.208 e. The Hall–Kier alpha value is -6.18. The number of benzene rings is 6. The van der Waals surface area contributed by atoms with Crippen LogP contribution in [0.15, 0.2) is 140 Å². The van der Waals surface area contributed by atoms with E-state index in [1.165, 1.54) is 82.2 Å². The lowest BCUT2D eigenvalue weighted by Crippen LogP contribution is -2.42. The van der Waals surface area contributed by atoms with Gasteiger partial charge in [0.15, 0.2) is 17.5 Å². The second kappa shape index (κ2) is 12.4. The summed E-state index contributed by atoms with van der Waals surface area (Å²) in [6.45, 7) is 4.98. The second-order valence-electron chi connectivity index (χ2n) is 17.2. The van der Waals surface area contributed by atoms with Gasteiger partial charge in [-0.1, -0.05) is 135 Å². The molecule has 0 saturated heterocycles. The maximum atomic E-state index is 9.71. The first-order valence-corrected chi connectivity index (χ1v) is 20.3. The molecule has 4 atom stereocenters. The molecule has 1 aromatic heterocycles. The number of hydrogen-bond acceptors (Lipinski definition) is 4. The quantitative estimate of drug-likeness (QED) is 0.181. The van der Waals surface area contributed by atoms with E-state index in [-0.39, 0.29) is 5.41 Å². The molecule has 0 amide bonds. The van der Waals surface area contributed by atoms with Crippen LogP contribution in [0, 0.1) is 29.1 Å². The largest absolute Gasteiger partial charge is 0.208 e. The van der Waals surface area contributed by atoms with Crippen LogP contribution in [-0.2, 0) is 10.8 Å². The normalized spacial score (nSPS) is 22.1. The van der Waals surface area contributed by atoms with Crippen LogP contribution in [0.1, 0.15) is 79.3 Å². The molecule has 270 valence electrons. The SMILES string of the molecule is C[C@@H]1CC2C[C@H](C)CC(c3ccc4c(c3)C3(c5ccccc5-c5ccccc53)c3ccc(-c5nc(-c6ccccc6)nc(-c6cccc(C#N)c6)n5)cc3-4)(C2)C1. The molecule has 56 heavy (non-hydrogen) atoms. The van der Waals surface area contributed by atoms with E-state index in [4.69, 9.17) is 15.0 Å². The first-order chi connectivity index (χ1) is 27.4. The molecule has 4 heteroatoms. The first-order valence-electron chi connectivity index (χ1n) is 20.3. The molecule has 0 aliphatic heterocycles. The Morgan fingerprint density at radius 2 is 1.07 bits per heavy atom. The highest BCUT2D eigenvalue weighted by Gasteiger charge is 2.53. The van der Waals surface area contributed by atoms with Crippen LogP contribution in [0.5, 0.6) is 0 Å². The van der Waals surface area contributed by atoms with E-state index < -0.39 is 5.41 Å². The molecule has 0 N–H and O–H groups in total. The van der Waals surface area contributed by atoms with E-state index in [0.717, 1.165) is 34.4 Å². The third-order valence-electron chi connectivity index (χ3n) is 13.5. The molecule has 11 rings (SSSR count). The smallest absolute Gasteiger partial charge is 0.164 e. The van der Waals surface area contributed by atoms with E-state index in [0.29, 0.717) is 23.0 Å². The minimum absolute atomic E-state index is 0.214. The molecule has 2 bridgehead atoms. The summed E-state index contributed by atoms with van der Waals surface area (Å²) in [6, 6.07) is 52.5. The number of fused-ring (bicyclic) bond motifs is 12. The van der Waals surface area contributed by atoms with Gasteiger partial charge < -0.3 is 0 Å². The van der Waals surface area contributed by atoms with Crippen molar-refractivity contribution in [2.24, 2.45) is 17.8 Å². The van der Waals surface area contributed by atoms with E-state index in [9.17, 15) is 5.26 Å². The molecule has 1 spiro atoms. The third kappa shape index (κ3) is 4.86. The lowest BCUT2D eigenvalue weighted by molar-refractivity contribution is 0.0780. The van der Waals surface area contributed by atoms with Crippen molar-refractivity contribution in [1.82, 2.24) is 15.0 Å². The summed E-state index contributed by atoms with van der Waals surface area (Å²) in [4.78, 5) is 15.2. The van der Waals surface area contributed by atoms with Crippen LogP contribution < -0.4 is 0 Å². The molecule has 4 aliphatic carbocycles. The van der Waals surface area contributed by atoms with Crippen LogP contribution in [0.3, 0.4) is 0 Å². The standard InChI is InChI=1S/C52H42N4/c1-32-23-35-24-33(2)29-51(28-32,30-35)39-20-21-42-43-26-38(50-55-48(36-12-4-3-5-13-36)54-49(56-50)37-14-10-11-34(25-37)31-53)19-22-46(43)52(47(42)27-39)44-17-8-6-15-40(44)41-16-7-9-18-45(41)52/h3-22,25-27,32-33,35H,23-24,28-30H2,1-2H3/t32-,33+,35?,51?. The Labute approximate surface area is 329 Å². The zero-order valence-corrected chi connectivity index (χ0v) is 31.8. The van der Waals surface area contributed by atoms with Gasteiger partial charge in [-0.3, -0.25) is 0 Å². The predicted molar refractivity (Wildman–Crippen MR) is 224 cm³/mol. The minimum atomic E-state index is -0.430. The number of rotatable bonds is 4. The Balaban J connectivity index is 1.15. The van der Waals surface area contributed by atoms with Crippen molar-refractivity contribution in [3.8, 4) is 62.5 Å². The average molecular weight is 723 g/mol. The monoisotopic (exact) mass is 722 g/mol. The highest BCUT2D eigenvalue weighted by atomic mass is 15.0. The van der Waals surface area contributed by atoms with E-state index >= 15 is 0 Å². The fourth-order valence-corrected chi connectivity index (χ4v) is 11.7. The van der Waals surface area contributed by atoms with Crippen LogP contribution in [0.2, 0.25) is 0 Å². The van der Waals surface area contributed by atoms with Crippen molar-refractivity contribution in [2.45, 2.75) is 56.8 Å². The van der Waals surface area contributed by atoms with Crippen LogP contribution in [-0.4, -0.2) is 15.0 Å². The van der Waals surface area contributed by atoms with Gasteiger partial charge in [-0.15, -0.1) is 0 Å². The summed E-state index contributed by atoms with van der Waals surface area (Å²) in [5.41, 5.74) is 15.1. The predicted octanol–water partition coefficient (Wildman–Crippen LogP) is 12.2. The maximum absolute atomic E-state index is 9.71. The zero-order valence-electron chi connectivity index (χ0n) is 31.8. The van der Waals surface area contributed by atoms with Gasteiger partial charge in [0.1, 0.15) is 0 Å². The number of hydrogen-bond donors (Lipinski definition) is 0. The average Bonchev–Trinajstić information content (AvgIpc) is 3.70. The summed E-state index contributed by atoms with van der Waals surface area (Å²) in [5, 5.41) is 9.71. The molecular formula is C52H42N4. The molecule has 6 aromatic carbocycles. The van der Waals surface area contributed by atoms with Crippen molar-refractivity contribution >= 4 is 0 Å². The summed E-state index contributed by atoms with van der Waals surface area (Å²) in [6.07, 6.45) is 6.58. The molecule has 4 aliphatic rings. The van der Waals surface area contributed by atoms with E-state index in [2.05, 4.69) is 105 Å². The molecule has 2 unspecified atom stereocenters. The van der Waals surface area contributed by atoms with Gasteiger partial charge in [-0.2, -0.15) is 5.26 Å². The third-order valence-corrected chi connectivity index (χ3v) is 13.5. The molecule has 7 aromatic rings. The van der Waals surface area contributed by atoms with Crippen LogP contribution in [0.4, 0.5) is 0 Å². The molecule has 1 heterocycles. The summed E-state index contributed by atoms with van der Waals surface area (Å²) < 4.78 is 0.